The van der Waals surface area contributed by atoms with Crippen LogP contribution in [0.3, 0.4) is 0 Å². The molecule has 5 heteroatoms. The number of carbonyl (C=O) groups is 1. The summed E-state index contributed by atoms with van der Waals surface area (Å²) in [4.78, 5) is 17.4. The zero-order chi connectivity index (χ0) is 16.2. The number of amides is 1. The number of nitrogens with zero attached hydrogens (tertiary/aromatic N) is 2. The zero-order valence-corrected chi connectivity index (χ0v) is 13.9. The molecule has 2 aliphatic heterocycles. The van der Waals surface area contributed by atoms with E-state index in [0.717, 1.165) is 57.5 Å². The first kappa shape index (κ1) is 16.3. The quantitative estimate of drug-likeness (QED) is 0.888. The van der Waals surface area contributed by atoms with Crippen molar-refractivity contribution in [1.82, 2.24) is 15.1 Å². The Morgan fingerprint density at radius 1 is 1.35 bits per heavy atom. The summed E-state index contributed by atoms with van der Waals surface area (Å²) >= 11 is 0. The van der Waals surface area contributed by atoms with E-state index in [4.69, 9.17) is 0 Å². The first-order valence-electron chi connectivity index (χ1n) is 8.74. The lowest BCUT2D eigenvalue weighted by atomic mass is 10.0. The van der Waals surface area contributed by atoms with Gasteiger partial charge in [-0.25, -0.2) is 0 Å². The third-order valence-corrected chi connectivity index (χ3v) is 4.98. The van der Waals surface area contributed by atoms with E-state index < -0.39 is 0 Å². The van der Waals surface area contributed by atoms with Crippen molar-refractivity contribution >= 4 is 5.91 Å². The summed E-state index contributed by atoms with van der Waals surface area (Å²) < 4.78 is 0. The Kier molecular flexibility index (Phi) is 5.18. The number of likely N-dealkylation sites (tertiary alicyclic amines) is 1. The standard InChI is InChI=1S/C18H27N3O2/c1-2-15-13-21(11-8-19-15)17(14-6-5-7-16(22)12-14)18(23)20-9-3-4-10-20/h5-7,12,15,17,19,22H,2-4,8-11,13H2,1H3. The molecule has 0 aliphatic carbocycles. The lowest BCUT2D eigenvalue weighted by Gasteiger charge is -2.39. The summed E-state index contributed by atoms with van der Waals surface area (Å²) in [5, 5.41) is 13.4. The molecule has 23 heavy (non-hydrogen) atoms. The van der Waals surface area contributed by atoms with Gasteiger partial charge in [-0.3, -0.25) is 9.69 Å². The number of hydrogen-bond donors (Lipinski definition) is 2. The predicted octanol–water partition coefficient (Wildman–Crippen LogP) is 1.74. The third kappa shape index (κ3) is 3.67. The van der Waals surface area contributed by atoms with Crippen LogP contribution in [0.15, 0.2) is 24.3 Å². The Hall–Kier alpha value is -1.59. The van der Waals surface area contributed by atoms with Gasteiger partial charge in [0.2, 0.25) is 5.91 Å². The van der Waals surface area contributed by atoms with Gasteiger partial charge in [0, 0.05) is 38.8 Å². The molecule has 0 saturated carbocycles. The zero-order valence-electron chi connectivity index (χ0n) is 13.9. The van der Waals surface area contributed by atoms with Gasteiger partial charge in [0.1, 0.15) is 11.8 Å². The average molecular weight is 317 g/mol. The number of phenolic OH excluding ortho intramolecular Hbond substituents is 1. The summed E-state index contributed by atoms with van der Waals surface area (Å²) in [5.41, 5.74) is 0.902. The van der Waals surface area contributed by atoms with E-state index in [1.807, 2.05) is 17.0 Å². The van der Waals surface area contributed by atoms with Gasteiger partial charge in [0.15, 0.2) is 0 Å². The molecule has 126 valence electrons. The van der Waals surface area contributed by atoms with Crippen LogP contribution in [0.25, 0.3) is 0 Å². The summed E-state index contributed by atoms with van der Waals surface area (Å²) in [5.74, 6) is 0.411. The highest BCUT2D eigenvalue weighted by Gasteiger charge is 2.34. The number of nitrogens with one attached hydrogen (secondary N) is 1. The van der Waals surface area contributed by atoms with Crippen molar-refractivity contribution in [2.24, 2.45) is 0 Å². The van der Waals surface area contributed by atoms with E-state index in [0.29, 0.717) is 6.04 Å². The van der Waals surface area contributed by atoms with Gasteiger partial charge in [-0.05, 0) is 37.0 Å². The van der Waals surface area contributed by atoms with Crippen LogP contribution < -0.4 is 5.32 Å². The molecule has 2 aliphatic rings. The van der Waals surface area contributed by atoms with Gasteiger partial charge >= 0.3 is 0 Å². The molecule has 1 aromatic carbocycles. The minimum Gasteiger partial charge on any atom is -0.508 e. The Bertz CT molecular complexity index is 543. The number of phenols is 1. The highest BCUT2D eigenvalue weighted by atomic mass is 16.3. The second kappa shape index (κ2) is 7.32. The molecule has 0 bridgehead atoms. The van der Waals surface area contributed by atoms with Crippen LogP contribution in [-0.2, 0) is 4.79 Å². The van der Waals surface area contributed by atoms with Gasteiger partial charge in [-0.2, -0.15) is 0 Å². The van der Waals surface area contributed by atoms with Crippen LogP contribution in [0.2, 0.25) is 0 Å². The number of hydrogen-bond acceptors (Lipinski definition) is 4. The lowest BCUT2D eigenvalue weighted by molar-refractivity contribution is -0.136. The fourth-order valence-electron chi connectivity index (χ4n) is 3.67. The van der Waals surface area contributed by atoms with Crippen molar-refractivity contribution in [2.75, 3.05) is 32.7 Å². The van der Waals surface area contributed by atoms with Crippen LogP contribution in [0.4, 0.5) is 0 Å². The number of benzene rings is 1. The highest BCUT2D eigenvalue weighted by molar-refractivity contribution is 5.83. The number of aromatic hydroxyl groups is 1. The van der Waals surface area contributed by atoms with E-state index in [2.05, 4.69) is 17.1 Å². The maximum Gasteiger partial charge on any atom is 0.244 e. The molecule has 2 N–H and O–H groups in total. The topological polar surface area (TPSA) is 55.8 Å². The Labute approximate surface area is 138 Å². The van der Waals surface area contributed by atoms with Crippen LogP contribution in [-0.4, -0.2) is 59.6 Å². The molecule has 2 saturated heterocycles. The normalized spacial score (nSPS) is 23.9. The third-order valence-electron chi connectivity index (χ3n) is 4.98. The second-order valence-electron chi connectivity index (χ2n) is 6.58. The van der Waals surface area contributed by atoms with E-state index in [9.17, 15) is 9.90 Å². The van der Waals surface area contributed by atoms with Gasteiger partial charge in [0.25, 0.3) is 0 Å². The van der Waals surface area contributed by atoms with Crippen LogP contribution in [0, 0.1) is 0 Å². The van der Waals surface area contributed by atoms with Gasteiger partial charge < -0.3 is 15.3 Å². The minimum absolute atomic E-state index is 0.185. The lowest BCUT2D eigenvalue weighted by Crippen LogP contribution is -2.54. The second-order valence-corrected chi connectivity index (χ2v) is 6.58. The van der Waals surface area contributed by atoms with Crippen LogP contribution >= 0.6 is 0 Å². The first-order valence-corrected chi connectivity index (χ1v) is 8.74. The largest absolute Gasteiger partial charge is 0.508 e. The fourth-order valence-corrected chi connectivity index (χ4v) is 3.67. The van der Waals surface area contributed by atoms with Crippen molar-refractivity contribution in [3.8, 4) is 5.75 Å². The molecular weight excluding hydrogens is 290 g/mol. The number of piperazine rings is 1. The molecule has 2 atom stereocenters. The Morgan fingerprint density at radius 3 is 2.83 bits per heavy atom. The fraction of sp³-hybridized carbons (Fsp3) is 0.611. The van der Waals surface area contributed by atoms with Crippen molar-refractivity contribution in [3.63, 3.8) is 0 Å². The molecule has 3 rings (SSSR count). The van der Waals surface area contributed by atoms with Crippen LogP contribution in [0.1, 0.15) is 37.8 Å². The monoisotopic (exact) mass is 317 g/mol. The molecule has 5 nitrogen and oxygen atoms in total. The predicted molar refractivity (Wildman–Crippen MR) is 90.3 cm³/mol. The molecule has 2 heterocycles. The SMILES string of the molecule is CCC1CN(C(C(=O)N2CCCC2)c2cccc(O)c2)CCN1. The smallest absolute Gasteiger partial charge is 0.244 e. The summed E-state index contributed by atoms with van der Waals surface area (Å²) in [6.45, 7) is 6.52. The van der Waals surface area contributed by atoms with Gasteiger partial charge in [0.05, 0.1) is 0 Å². The van der Waals surface area contributed by atoms with Crippen molar-refractivity contribution in [3.05, 3.63) is 29.8 Å². The van der Waals surface area contributed by atoms with Crippen molar-refractivity contribution in [2.45, 2.75) is 38.3 Å². The summed E-state index contributed by atoms with van der Waals surface area (Å²) in [6, 6.07) is 7.33. The maximum atomic E-state index is 13.1. The number of carbonyl (C=O) groups excluding carboxylic acids is 1. The molecule has 2 unspecified atom stereocenters. The maximum absolute atomic E-state index is 13.1. The van der Waals surface area contributed by atoms with E-state index in [1.54, 1.807) is 12.1 Å². The number of rotatable bonds is 4. The average Bonchev–Trinajstić information content (AvgIpc) is 3.10. The summed E-state index contributed by atoms with van der Waals surface area (Å²) in [7, 11) is 0. The molecule has 2 fully saturated rings. The van der Waals surface area contributed by atoms with Crippen molar-refractivity contribution < 1.29 is 9.90 Å². The molecule has 0 aromatic heterocycles. The Morgan fingerprint density at radius 2 is 2.13 bits per heavy atom. The van der Waals surface area contributed by atoms with Crippen molar-refractivity contribution in [1.29, 1.82) is 0 Å². The van der Waals surface area contributed by atoms with Crippen LogP contribution in [0.5, 0.6) is 5.75 Å². The Balaban J connectivity index is 1.87. The van der Waals surface area contributed by atoms with Gasteiger partial charge in [-0.1, -0.05) is 19.1 Å². The van der Waals surface area contributed by atoms with Gasteiger partial charge in [-0.15, -0.1) is 0 Å². The molecule has 0 radical (unpaired) electrons. The molecule has 1 amide bonds. The summed E-state index contributed by atoms with van der Waals surface area (Å²) in [6.07, 6.45) is 3.25. The molecule has 1 aromatic rings. The molecule has 0 spiro atoms. The minimum atomic E-state index is -0.281. The van der Waals surface area contributed by atoms with E-state index in [1.165, 1.54) is 0 Å². The first-order chi connectivity index (χ1) is 11.2. The van der Waals surface area contributed by atoms with E-state index in [-0.39, 0.29) is 17.7 Å². The highest BCUT2D eigenvalue weighted by Crippen LogP contribution is 2.28. The molecular formula is C18H27N3O2. The van der Waals surface area contributed by atoms with E-state index >= 15 is 0 Å².